The van der Waals surface area contributed by atoms with Crippen molar-refractivity contribution in [2.75, 3.05) is 44.8 Å². The number of anilines is 1. The third kappa shape index (κ3) is 20.4. The molecule has 3 unspecified atom stereocenters. The van der Waals surface area contributed by atoms with Crippen LogP contribution in [0.1, 0.15) is 81.5 Å². The number of aliphatic carboxylic acids is 2. The van der Waals surface area contributed by atoms with Gasteiger partial charge in [-0.05, 0) is 73.9 Å². The smallest absolute Gasteiger partial charge is 0.326 e. The van der Waals surface area contributed by atoms with Crippen molar-refractivity contribution in [2.45, 2.75) is 106 Å². The Morgan fingerprint density at radius 2 is 1.30 bits per heavy atom. The number of nitrogens with two attached hydrogens (primary N) is 2. The average Bonchev–Trinajstić information content (AvgIpc) is 4.02. The predicted octanol–water partition coefficient (Wildman–Crippen LogP) is -0.382. The topological polar surface area (TPSA) is 422 Å². The highest BCUT2D eigenvalue weighted by atomic mass is 32.2. The monoisotopic (exact) mass is 1070 g/mol. The molecular weight excluding hydrogens is 1010 g/mol. The van der Waals surface area contributed by atoms with Crippen LogP contribution in [0, 0.1) is 0 Å². The number of unbranched alkanes of at least 4 members (excludes halogenated alkanes) is 1. The number of aromatic nitrogens is 5. The van der Waals surface area contributed by atoms with E-state index in [-0.39, 0.29) is 68.7 Å². The maximum atomic E-state index is 13.3. The first-order chi connectivity index (χ1) is 35.2. The lowest BCUT2D eigenvalue weighted by Crippen LogP contribution is -2.51. The normalized spacial score (nSPS) is 12.7. The molecular formula is C45H62N12O15S2. The number of amides is 5. The van der Waals surface area contributed by atoms with Gasteiger partial charge >= 0.3 is 11.9 Å². The van der Waals surface area contributed by atoms with Crippen LogP contribution in [0.25, 0.3) is 0 Å². The molecule has 13 N–H and O–H groups in total. The van der Waals surface area contributed by atoms with Crippen LogP contribution in [-0.2, 0) is 71.4 Å². The van der Waals surface area contributed by atoms with E-state index in [4.69, 9.17) is 20.3 Å². The van der Waals surface area contributed by atoms with Crippen LogP contribution in [0.15, 0.2) is 59.1 Å². The van der Waals surface area contributed by atoms with Gasteiger partial charge in [0.2, 0.25) is 39.0 Å². The van der Waals surface area contributed by atoms with E-state index in [1.54, 1.807) is 35.1 Å². The minimum Gasteiger partial charge on any atom is -0.508 e. The molecule has 404 valence electrons. The molecule has 4 aromatic rings. The van der Waals surface area contributed by atoms with E-state index in [0.29, 0.717) is 73.5 Å². The zero-order chi connectivity index (χ0) is 54.3. The molecule has 74 heavy (non-hydrogen) atoms. The number of carbonyl (C=O) groups is 7. The Morgan fingerprint density at radius 3 is 1.85 bits per heavy atom. The number of carbonyl (C=O) groups excluding carboxylic acids is 5. The van der Waals surface area contributed by atoms with Gasteiger partial charge in [0, 0.05) is 44.1 Å². The lowest BCUT2D eigenvalue weighted by Gasteiger charge is -2.31. The molecule has 0 aliphatic rings. The Labute approximate surface area is 429 Å². The third-order valence-corrected chi connectivity index (χ3v) is 13.3. The van der Waals surface area contributed by atoms with Crippen LogP contribution in [0.3, 0.4) is 0 Å². The molecule has 2 heterocycles. The average molecular weight is 1080 g/mol. The fourth-order valence-corrected chi connectivity index (χ4v) is 8.59. The number of hydrogen-bond acceptors (Lipinski definition) is 19. The number of nitrogens with one attached hydrogen (secondary N) is 5. The van der Waals surface area contributed by atoms with Crippen LogP contribution in [0.5, 0.6) is 11.5 Å². The van der Waals surface area contributed by atoms with E-state index in [9.17, 15) is 62.4 Å². The van der Waals surface area contributed by atoms with Gasteiger partial charge in [0.25, 0.3) is 10.0 Å². The van der Waals surface area contributed by atoms with Gasteiger partial charge in [0.05, 0.1) is 45.0 Å². The molecule has 0 fully saturated rings. The predicted molar refractivity (Wildman–Crippen MR) is 263 cm³/mol. The summed E-state index contributed by atoms with van der Waals surface area (Å²) in [6, 6.07) is 7.76. The lowest BCUT2D eigenvalue weighted by molar-refractivity contribution is -0.145. The Morgan fingerprint density at radius 1 is 0.730 bits per heavy atom. The molecule has 29 heteroatoms. The number of phenolic OH excluding ortho intramolecular Hbond substituents is 2. The number of ether oxygens (including phenoxy) is 2. The molecule has 0 spiro atoms. The molecule has 2 aromatic carbocycles. The summed E-state index contributed by atoms with van der Waals surface area (Å²) >= 11 is 0.619. The Bertz CT molecular complexity index is 2570. The second kappa shape index (κ2) is 29.5. The molecule has 0 bridgehead atoms. The van der Waals surface area contributed by atoms with Gasteiger partial charge < -0.3 is 62.2 Å². The molecule has 3 atom stereocenters. The van der Waals surface area contributed by atoms with Crippen LogP contribution >= 0.6 is 11.3 Å². The van der Waals surface area contributed by atoms with E-state index >= 15 is 0 Å². The van der Waals surface area contributed by atoms with Gasteiger partial charge in [-0.1, -0.05) is 47.7 Å². The summed E-state index contributed by atoms with van der Waals surface area (Å²) in [4.78, 5) is 89.8. The number of sulfonamides is 1. The van der Waals surface area contributed by atoms with Crippen LogP contribution in [-0.4, -0.2) is 153 Å². The zero-order valence-electron chi connectivity index (χ0n) is 40.4. The highest BCUT2D eigenvalue weighted by Crippen LogP contribution is 2.38. The maximum Gasteiger partial charge on any atom is 0.326 e. The second-order valence-corrected chi connectivity index (χ2v) is 19.7. The summed E-state index contributed by atoms with van der Waals surface area (Å²) in [5.41, 5.74) is 6.54. The highest BCUT2D eigenvalue weighted by Gasteiger charge is 2.33. The molecule has 0 saturated carbocycles. The number of rotatable bonds is 34. The molecule has 2 aromatic heterocycles. The van der Waals surface area contributed by atoms with Crippen molar-refractivity contribution in [1.82, 2.24) is 46.5 Å². The van der Waals surface area contributed by atoms with Crippen molar-refractivity contribution in [3.8, 4) is 11.5 Å². The van der Waals surface area contributed by atoms with E-state index in [1.807, 2.05) is 6.92 Å². The summed E-state index contributed by atoms with van der Waals surface area (Å²) in [5.74, 6) is -6.99. The molecule has 0 saturated heterocycles. The summed E-state index contributed by atoms with van der Waals surface area (Å²) in [5, 5.41) is 71.9. The maximum absolute atomic E-state index is 13.3. The first-order valence-corrected chi connectivity index (χ1v) is 25.6. The minimum absolute atomic E-state index is 0.0145. The van der Waals surface area contributed by atoms with E-state index in [2.05, 4.69) is 47.1 Å². The fraction of sp³-hybridized carbons (Fsp3) is 0.489. The van der Waals surface area contributed by atoms with Gasteiger partial charge in [-0.25, -0.2) is 23.1 Å². The summed E-state index contributed by atoms with van der Waals surface area (Å²) in [6.45, 7) is 3.55. The van der Waals surface area contributed by atoms with Crippen LogP contribution < -0.4 is 37.5 Å². The van der Waals surface area contributed by atoms with Crippen LogP contribution in [0.4, 0.5) is 5.13 Å². The number of hydrogen-bond donors (Lipinski definition) is 11. The van der Waals surface area contributed by atoms with E-state index < -0.39 is 92.2 Å². The number of carboxylic acid groups (broad SMARTS) is 2. The minimum atomic E-state index is -4.06. The van der Waals surface area contributed by atoms with Crippen molar-refractivity contribution in [3.05, 3.63) is 71.5 Å². The summed E-state index contributed by atoms with van der Waals surface area (Å²) in [6.07, 6.45) is 1.54. The lowest BCUT2D eigenvalue weighted by atomic mass is 9.73. The van der Waals surface area contributed by atoms with Gasteiger partial charge in [-0.15, -0.1) is 15.3 Å². The number of carboxylic acids is 2. The van der Waals surface area contributed by atoms with Gasteiger partial charge in [0.1, 0.15) is 29.6 Å². The number of aryl methyl sites for hydroxylation is 2. The quantitative estimate of drug-likeness (QED) is 0.0210. The zero-order valence-corrected chi connectivity index (χ0v) is 42.1. The van der Waals surface area contributed by atoms with Crippen molar-refractivity contribution in [1.29, 1.82) is 0 Å². The third-order valence-electron chi connectivity index (χ3n) is 11.2. The number of nitrogens with zero attached hydrogens (tertiary/aromatic N) is 5. The number of aromatic hydroxyl groups is 2. The van der Waals surface area contributed by atoms with Crippen LogP contribution in [0.2, 0.25) is 0 Å². The molecule has 27 nitrogen and oxygen atoms in total. The number of phenols is 2. The van der Waals surface area contributed by atoms with Crippen molar-refractivity contribution in [2.24, 2.45) is 10.9 Å². The number of primary sulfonamides is 1. The summed E-state index contributed by atoms with van der Waals surface area (Å²) < 4.78 is 34.6. The summed E-state index contributed by atoms with van der Waals surface area (Å²) in [7, 11) is -4.06. The molecule has 4 rings (SSSR count). The van der Waals surface area contributed by atoms with Crippen molar-refractivity contribution < 1.29 is 71.9 Å². The van der Waals surface area contributed by atoms with Gasteiger partial charge in [-0.3, -0.25) is 28.7 Å². The van der Waals surface area contributed by atoms with E-state index in [0.717, 1.165) is 0 Å². The largest absolute Gasteiger partial charge is 0.508 e. The Balaban J connectivity index is 1.29. The van der Waals surface area contributed by atoms with E-state index in [1.165, 1.54) is 24.3 Å². The Kier molecular flexibility index (Phi) is 23.7. The second-order valence-electron chi connectivity index (χ2n) is 17.0. The first kappa shape index (κ1) is 59.4. The van der Waals surface area contributed by atoms with Gasteiger partial charge in [0.15, 0.2) is 0 Å². The molecule has 0 aliphatic carbocycles. The molecule has 0 aliphatic heterocycles. The standard InChI is InChI=1S/C45H62N12O15S2/c1-45(28-8-12-31(58)13-9-28,29-10-14-32(59)15-11-29)17-16-37(61)50-34(41(65)66)25-39(63)51-35(42(67)68)26-38(62)49-33(40(64)48-19-22-72-24-23-71-21-18-46)6-2-3-20-57-27-30(53-56-57)5-4-7-36(60)52-43-54-55-44(73-43)74(47,69)70/h8-15,27,33-35,58-59H,2-7,16-26,46H2,1H3,(H,48,64)(H,49,62)(H,50,61)(H,51,63)(H,65,66)(H,67,68)(H2,47,69,70)(H,52,54,60). The van der Waals surface area contributed by atoms with Crippen molar-refractivity contribution in [3.63, 3.8) is 0 Å². The number of benzene rings is 2. The van der Waals surface area contributed by atoms with Crippen molar-refractivity contribution >= 4 is 68.0 Å². The molecule has 0 radical (unpaired) electrons. The molecule has 5 amide bonds. The van der Waals surface area contributed by atoms with Gasteiger partial charge in [-0.2, -0.15) is 0 Å². The fourth-order valence-electron chi connectivity index (χ4n) is 7.24. The SMILES string of the molecule is CC(CCC(=O)NC(CC(=O)NC(CC(=O)NC(CCCCn1cc(CCCC(=O)Nc2nnc(S(N)(=O)=O)s2)nn1)C(=O)NCCOCCOCCN)C(=O)O)C(=O)O)(c1ccc(O)cc1)c1ccc(O)cc1. The highest BCUT2D eigenvalue weighted by molar-refractivity contribution is 7.91. The Hall–Kier alpha value is -7.18. The first-order valence-electron chi connectivity index (χ1n) is 23.3.